The molecule has 0 radical (unpaired) electrons. The number of rotatable bonds is 9. The molecule has 1 aromatic heterocycles. The Morgan fingerprint density at radius 2 is 2.00 bits per heavy atom. The Labute approximate surface area is 161 Å². The molecule has 0 spiro atoms. The minimum Gasteiger partial charge on any atom is -0.360 e. The number of hydrogen-bond donors (Lipinski definition) is 2. The first-order valence-corrected chi connectivity index (χ1v) is 10.4. The van der Waals surface area contributed by atoms with Crippen LogP contribution < -0.4 is 10.2 Å². The van der Waals surface area contributed by atoms with Crippen LogP contribution in [0.3, 0.4) is 0 Å². The summed E-state index contributed by atoms with van der Waals surface area (Å²) in [5.74, 6) is 1.63. The number of amides is 2. The first kappa shape index (κ1) is 19.9. The van der Waals surface area contributed by atoms with Gasteiger partial charge in [0, 0.05) is 25.3 Å². The van der Waals surface area contributed by atoms with E-state index in [1.165, 1.54) is 56.5 Å². The predicted molar refractivity (Wildman–Crippen MR) is 102 cm³/mol. The smallest absolute Gasteiger partial charge is 0.245 e. The van der Waals surface area contributed by atoms with Gasteiger partial charge in [-0.3, -0.25) is 9.59 Å². The summed E-state index contributed by atoms with van der Waals surface area (Å²) >= 11 is 0. The Balaban J connectivity index is 1.51. The first-order valence-electron chi connectivity index (χ1n) is 10.4. The maximum atomic E-state index is 12.8. The molecule has 7 nitrogen and oxygen atoms in total. The molecule has 3 rings (SSSR count). The van der Waals surface area contributed by atoms with Crippen molar-refractivity contribution < 1.29 is 19.0 Å². The second-order valence-electron chi connectivity index (χ2n) is 8.08. The van der Waals surface area contributed by atoms with Crippen molar-refractivity contribution in [1.29, 1.82) is 0 Å². The number of anilines is 1. The van der Waals surface area contributed by atoms with Crippen LogP contribution in [0.5, 0.6) is 0 Å². The van der Waals surface area contributed by atoms with Crippen LogP contribution in [0.2, 0.25) is 0 Å². The van der Waals surface area contributed by atoms with Gasteiger partial charge >= 0.3 is 0 Å². The molecule has 0 unspecified atom stereocenters. The fourth-order valence-electron chi connectivity index (χ4n) is 4.28. The van der Waals surface area contributed by atoms with E-state index >= 15 is 0 Å². The normalized spacial score (nSPS) is 18.1. The highest BCUT2D eigenvalue weighted by atomic mass is 16.5. The van der Waals surface area contributed by atoms with E-state index in [9.17, 15) is 9.59 Å². The zero-order valence-corrected chi connectivity index (χ0v) is 16.5. The quantitative estimate of drug-likeness (QED) is 0.682. The van der Waals surface area contributed by atoms with E-state index in [2.05, 4.69) is 10.5 Å². The minimum absolute atomic E-state index is 0.0860. The van der Waals surface area contributed by atoms with E-state index in [1.54, 1.807) is 17.9 Å². The van der Waals surface area contributed by atoms with Gasteiger partial charge in [-0.2, -0.15) is 0 Å². The highest BCUT2D eigenvalue weighted by Gasteiger charge is 2.23. The maximum Gasteiger partial charge on any atom is 0.245 e. The van der Waals surface area contributed by atoms with Gasteiger partial charge in [-0.1, -0.05) is 30.8 Å². The van der Waals surface area contributed by atoms with E-state index in [1.807, 2.05) is 0 Å². The second-order valence-corrected chi connectivity index (χ2v) is 8.08. The van der Waals surface area contributed by atoms with E-state index in [-0.39, 0.29) is 18.4 Å². The van der Waals surface area contributed by atoms with Crippen LogP contribution >= 0.6 is 0 Å². The second kappa shape index (κ2) is 9.88. The van der Waals surface area contributed by atoms with Crippen molar-refractivity contribution >= 4 is 17.6 Å². The lowest BCUT2D eigenvalue weighted by Gasteiger charge is -2.24. The molecule has 1 aliphatic carbocycles. The minimum atomic E-state index is -0.214. The van der Waals surface area contributed by atoms with Gasteiger partial charge in [0.15, 0.2) is 5.82 Å². The standard InChI is InChI=1S/C20H32N4O3/c1-16-14-18(22-27-16)21-19(25)15-24(13-12-23-10-4-5-11-23)20(26)9-8-17-6-2-3-7-17/h14,17H,2-13,15H2,1H3,(H,21,22,25)/p+1. The lowest BCUT2D eigenvalue weighted by atomic mass is 10.0. The van der Waals surface area contributed by atoms with Crippen LogP contribution in [0.1, 0.15) is 57.1 Å². The van der Waals surface area contributed by atoms with E-state index in [0.29, 0.717) is 30.5 Å². The van der Waals surface area contributed by atoms with Gasteiger partial charge in [-0.15, -0.1) is 0 Å². The van der Waals surface area contributed by atoms with Crippen molar-refractivity contribution in [2.75, 3.05) is 38.0 Å². The predicted octanol–water partition coefficient (Wildman–Crippen LogP) is 1.40. The summed E-state index contributed by atoms with van der Waals surface area (Å²) in [4.78, 5) is 28.5. The summed E-state index contributed by atoms with van der Waals surface area (Å²) in [6.07, 6.45) is 9.11. The van der Waals surface area contributed by atoms with Crippen molar-refractivity contribution in [3.05, 3.63) is 11.8 Å². The molecule has 0 bridgehead atoms. The van der Waals surface area contributed by atoms with Crippen LogP contribution in [0, 0.1) is 12.8 Å². The first-order chi connectivity index (χ1) is 13.1. The van der Waals surface area contributed by atoms with Gasteiger partial charge in [0.25, 0.3) is 0 Å². The molecule has 2 amide bonds. The summed E-state index contributed by atoms with van der Waals surface area (Å²) in [7, 11) is 0. The summed E-state index contributed by atoms with van der Waals surface area (Å²) in [5, 5.41) is 6.52. The highest BCUT2D eigenvalue weighted by molar-refractivity contribution is 5.93. The topological polar surface area (TPSA) is 79.9 Å². The third-order valence-electron chi connectivity index (χ3n) is 5.87. The average Bonchev–Trinajstić information content (AvgIpc) is 3.40. The molecule has 27 heavy (non-hydrogen) atoms. The van der Waals surface area contributed by atoms with Crippen LogP contribution in [-0.2, 0) is 9.59 Å². The summed E-state index contributed by atoms with van der Waals surface area (Å²) in [6, 6.07) is 1.68. The fourth-order valence-corrected chi connectivity index (χ4v) is 4.28. The number of likely N-dealkylation sites (tertiary alicyclic amines) is 1. The van der Waals surface area contributed by atoms with Crippen molar-refractivity contribution in [2.45, 2.75) is 58.3 Å². The number of carbonyl (C=O) groups excluding carboxylic acids is 2. The van der Waals surface area contributed by atoms with Gasteiger partial charge in [0.05, 0.1) is 26.2 Å². The number of aryl methyl sites for hydroxylation is 1. The van der Waals surface area contributed by atoms with E-state index < -0.39 is 0 Å². The zero-order chi connectivity index (χ0) is 19.1. The summed E-state index contributed by atoms with van der Waals surface area (Å²) in [6.45, 7) is 5.78. The number of hydrogen-bond acceptors (Lipinski definition) is 4. The molecule has 150 valence electrons. The fraction of sp³-hybridized carbons (Fsp3) is 0.750. The number of nitrogens with zero attached hydrogens (tertiary/aromatic N) is 2. The van der Waals surface area contributed by atoms with Crippen LogP contribution in [0.15, 0.2) is 10.6 Å². The Morgan fingerprint density at radius 1 is 1.26 bits per heavy atom. The van der Waals surface area contributed by atoms with Gasteiger partial charge in [0.1, 0.15) is 12.3 Å². The number of quaternary nitrogens is 1. The van der Waals surface area contributed by atoms with E-state index in [4.69, 9.17) is 4.52 Å². The van der Waals surface area contributed by atoms with E-state index in [0.717, 1.165) is 13.0 Å². The van der Waals surface area contributed by atoms with Crippen molar-refractivity contribution in [3.63, 3.8) is 0 Å². The molecule has 2 heterocycles. The Kier molecular flexibility index (Phi) is 7.26. The Bertz CT molecular complexity index is 618. The molecule has 2 N–H and O–H groups in total. The van der Waals surface area contributed by atoms with Crippen molar-refractivity contribution in [1.82, 2.24) is 10.1 Å². The third-order valence-corrected chi connectivity index (χ3v) is 5.87. The summed E-state index contributed by atoms with van der Waals surface area (Å²) < 4.78 is 4.98. The molecular weight excluding hydrogens is 344 g/mol. The lowest BCUT2D eigenvalue weighted by molar-refractivity contribution is -0.886. The molecule has 1 aliphatic heterocycles. The molecule has 1 aromatic rings. The number of aromatic nitrogens is 1. The van der Waals surface area contributed by atoms with Gasteiger partial charge in [0.2, 0.25) is 11.8 Å². The van der Waals surface area contributed by atoms with Crippen molar-refractivity contribution in [3.8, 4) is 0 Å². The van der Waals surface area contributed by atoms with Crippen LogP contribution in [-0.4, -0.2) is 54.6 Å². The van der Waals surface area contributed by atoms with Gasteiger partial charge < -0.3 is 19.6 Å². The largest absolute Gasteiger partial charge is 0.360 e. The lowest BCUT2D eigenvalue weighted by Crippen LogP contribution is -3.10. The van der Waals surface area contributed by atoms with Crippen molar-refractivity contribution in [2.24, 2.45) is 5.92 Å². The Morgan fingerprint density at radius 3 is 2.67 bits per heavy atom. The molecule has 0 aromatic carbocycles. The van der Waals surface area contributed by atoms with Gasteiger partial charge in [-0.05, 0) is 19.3 Å². The molecule has 7 heteroatoms. The maximum absolute atomic E-state index is 12.8. The van der Waals surface area contributed by atoms with Gasteiger partial charge in [-0.25, -0.2) is 0 Å². The highest BCUT2D eigenvalue weighted by Crippen LogP contribution is 2.28. The average molecular weight is 378 g/mol. The number of carbonyl (C=O) groups is 2. The third kappa shape index (κ3) is 6.34. The van der Waals surface area contributed by atoms with Crippen LogP contribution in [0.4, 0.5) is 5.82 Å². The molecule has 2 aliphatic rings. The SMILES string of the molecule is Cc1cc(NC(=O)CN(CC[NH+]2CCCC2)C(=O)CCC2CCCC2)no1. The summed E-state index contributed by atoms with van der Waals surface area (Å²) in [5.41, 5.74) is 0. The van der Waals surface area contributed by atoms with Crippen LogP contribution in [0.25, 0.3) is 0 Å². The Hall–Kier alpha value is -1.89. The molecule has 2 fully saturated rings. The molecule has 1 saturated heterocycles. The molecular formula is C20H33N4O3+. The monoisotopic (exact) mass is 377 g/mol. The number of nitrogens with one attached hydrogen (secondary N) is 2. The molecule has 0 atom stereocenters. The molecule has 1 saturated carbocycles. The zero-order valence-electron chi connectivity index (χ0n) is 16.5.